The highest BCUT2D eigenvalue weighted by Gasteiger charge is 2.41. The lowest BCUT2D eigenvalue weighted by Gasteiger charge is -2.31. The van der Waals surface area contributed by atoms with Crippen LogP contribution < -0.4 is 5.73 Å². The van der Waals surface area contributed by atoms with Crippen LogP contribution in [0.15, 0.2) is 0 Å². The van der Waals surface area contributed by atoms with E-state index < -0.39 is 25.1 Å². The van der Waals surface area contributed by atoms with Crippen molar-refractivity contribution in [3.8, 4) is 0 Å². The number of sulfone groups is 1. The van der Waals surface area contributed by atoms with Gasteiger partial charge in [0.2, 0.25) is 10.0 Å². The van der Waals surface area contributed by atoms with Crippen molar-refractivity contribution in [2.45, 2.75) is 30.6 Å². The molecule has 2 aliphatic rings. The molecule has 2 rings (SSSR count). The summed E-state index contributed by atoms with van der Waals surface area (Å²) in [6.07, 6.45) is 1.80. The summed E-state index contributed by atoms with van der Waals surface area (Å²) in [5.41, 5.74) is 5.75. The number of hydrogen-bond donors (Lipinski definition) is 1. The Morgan fingerprint density at radius 2 is 1.94 bits per heavy atom. The number of nitrogens with two attached hydrogens (primary N) is 1. The van der Waals surface area contributed by atoms with Crippen molar-refractivity contribution < 1.29 is 16.8 Å². The third-order valence-corrected chi connectivity index (χ3v) is 7.67. The van der Waals surface area contributed by atoms with Crippen molar-refractivity contribution in [3.05, 3.63) is 0 Å². The topological polar surface area (TPSA) is 97.5 Å². The molecule has 0 saturated carbocycles. The van der Waals surface area contributed by atoms with E-state index in [1.165, 1.54) is 4.31 Å². The van der Waals surface area contributed by atoms with Gasteiger partial charge in [-0.3, -0.25) is 0 Å². The van der Waals surface area contributed by atoms with E-state index in [4.69, 9.17) is 5.73 Å². The van der Waals surface area contributed by atoms with Gasteiger partial charge >= 0.3 is 0 Å². The van der Waals surface area contributed by atoms with E-state index in [0.717, 1.165) is 12.8 Å². The minimum absolute atomic E-state index is 0.0171. The van der Waals surface area contributed by atoms with Crippen LogP contribution in [-0.2, 0) is 19.9 Å². The van der Waals surface area contributed by atoms with Gasteiger partial charge in [-0.15, -0.1) is 0 Å². The molecule has 0 spiro atoms. The van der Waals surface area contributed by atoms with Crippen molar-refractivity contribution >= 4 is 19.9 Å². The van der Waals surface area contributed by atoms with E-state index >= 15 is 0 Å². The molecule has 0 aromatic carbocycles. The average Bonchev–Trinajstić information content (AvgIpc) is 2.59. The Morgan fingerprint density at radius 1 is 1.24 bits per heavy atom. The van der Waals surface area contributed by atoms with Gasteiger partial charge in [-0.1, -0.05) is 0 Å². The van der Waals surface area contributed by atoms with Crippen molar-refractivity contribution in [1.29, 1.82) is 0 Å². The molecule has 2 atom stereocenters. The van der Waals surface area contributed by atoms with Gasteiger partial charge in [-0.05, 0) is 19.3 Å². The quantitative estimate of drug-likeness (QED) is 0.695. The highest BCUT2D eigenvalue weighted by Crippen LogP contribution is 2.24. The van der Waals surface area contributed by atoms with Gasteiger partial charge in [0.15, 0.2) is 9.84 Å². The van der Waals surface area contributed by atoms with Crippen LogP contribution in [0.5, 0.6) is 0 Å². The highest BCUT2D eigenvalue weighted by atomic mass is 32.2. The minimum Gasteiger partial charge on any atom is -0.327 e. The largest absolute Gasteiger partial charge is 0.327 e. The Kier molecular flexibility index (Phi) is 3.50. The zero-order valence-electron chi connectivity index (χ0n) is 9.58. The SMILES string of the molecule is N[C@@H]1CCCN(S(=O)(=O)C2CCS(=O)(=O)C2)C1. The standard InChI is InChI=1S/C9H18N2O4S2/c10-8-2-1-4-11(6-8)17(14,15)9-3-5-16(12,13)7-9/h8-9H,1-7,10H2/t8-,9?/m1/s1. The fourth-order valence-corrected chi connectivity index (χ4v) is 7.03. The summed E-state index contributed by atoms with van der Waals surface area (Å²) in [5.74, 6) is -0.252. The first-order valence-corrected chi connectivity index (χ1v) is 9.09. The Hall–Kier alpha value is -0.180. The van der Waals surface area contributed by atoms with Crippen LogP contribution in [-0.4, -0.2) is 57.0 Å². The number of sulfonamides is 1. The summed E-state index contributed by atoms with van der Waals surface area (Å²) in [6.45, 7) is 0.783. The van der Waals surface area contributed by atoms with Crippen LogP contribution in [0.3, 0.4) is 0 Å². The first kappa shape index (κ1) is 13.3. The third kappa shape index (κ3) is 2.81. The van der Waals surface area contributed by atoms with Crippen LogP contribution in [0.1, 0.15) is 19.3 Å². The maximum absolute atomic E-state index is 12.2. The van der Waals surface area contributed by atoms with Gasteiger partial charge in [-0.25, -0.2) is 21.1 Å². The lowest BCUT2D eigenvalue weighted by molar-refractivity contribution is 0.313. The predicted octanol–water partition coefficient (Wildman–Crippen LogP) is -1.07. The van der Waals surface area contributed by atoms with E-state index in [1.54, 1.807) is 0 Å². The summed E-state index contributed by atoms with van der Waals surface area (Å²) in [5, 5.41) is -0.766. The molecule has 1 unspecified atom stereocenters. The maximum Gasteiger partial charge on any atom is 0.218 e. The van der Waals surface area contributed by atoms with Crippen LogP contribution in [0, 0.1) is 0 Å². The Bertz CT molecular complexity index is 485. The van der Waals surface area contributed by atoms with E-state index in [9.17, 15) is 16.8 Å². The van der Waals surface area contributed by atoms with Crippen LogP contribution in [0.25, 0.3) is 0 Å². The van der Waals surface area contributed by atoms with Crippen molar-refractivity contribution in [3.63, 3.8) is 0 Å². The second-order valence-electron chi connectivity index (χ2n) is 4.83. The van der Waals surface area contributed by atoms with Crippen LogP contribution >= 0.6 is 0 Å². The summed E-state index contributed by atoms with van der Waals surface area (Å²) < 4.78 is 48.5. The Morgan fingerprint density at radius 3 is 2.47 bits per heavy atom. The van der Waals surface area contributed by atoms with Gasteiger partial charge in [0.1, 0.15) is 0 Å². The van der Waals surface area contributed by atoms with E-state index in [1.807, 2.05) is 0 Å². The highest BCUT2D eigenvalue weighted by molar-refractivity contribution is 7.95. The number of rotatable bonds is 2. The smallest absolute Gasteiger partial charge is 0.218 e. The van der Waals surface area contributed by atoms with Crippen LogP contribution in [0.4, 0.5) is 0 Å². The number of hydrogen-bond acceptors (Lipinski definition) is 5. The fraction of sp³-hybridized carbons (Fsp3) is 1.00. The Labute approximate surface area is 102 Å². The van der Waals surface area contributed by atoms with E-state index in [2.05, 4.69) is 0 Å². The third-order valence-electron chi connectivity index (χ3n) is 3.39. The van der Waals surface area contributed by atoms with Gasteiger partial charge in [0.25, 0.3) is 0 Å². The zero-order valence-corrected chi connectivity index (χ0v) is 11.2. The molecule has 6 nitrogen and oxygen atoms in total. The molecular weight excluding hydrogens is 264 g/mol. The normalized spacial score (nSPS) is 34.9. The monoisotopic (exact) mass is 282 g/mol. The molecule has 0 aromatic rings. The first-order valence-electron chi connectivity index (χ1n) is 5.76. The number of piperidine rings is 1. The first-order chi connectivity index (χ1) is 7.81. The van der Waals surface area contributed by atoms with E-state index in [0.29, 0.717) is 13.1 Å². The molecule has 2 aliphatic heterocycles. The second kappa shape index (κ2) is 4.49. The predicted molar refractivity (Wildman–Crippen MR) is 64.8 cm³/mol. The molecule has 8 heteroatoms. The van der Waals surface area contributed by atoms with Gasteiger partial charge in [-0.2, -0.15) is 0 Å². The fourth-order valence-electron chi connectivity index (χ4n) is 2.41. The Balaban J connectivity index is 2.14. The molecule has 0 amide bonds. The molecule has 2 saturated heterocycles. The summed E-state index contributed by atoms with van der Waals surface area (Å²) >= 11 is 0. The molecule has 0 radical (unpaired) electrons. The molecule has 0 aliphatic carbocycles. The lowest BCUT2D eigenvalue weighted by atomic mass is 10.1. The second-order valence-corrected chi connectivity index (χ2v) is 9.27. The molecule has 2 N–H and O–H groups in total. The van der Waals surface area contributed by atoms with Crippen molar-refractivity contribution in [1.82, 2.24) is 4.31 Å². The summed E-state index contributed by atoms with van der Waals surface area (Å²) in [4.78, 5) is 0. The van der Waals surface area contributed by atoms with Gasteiger partial charge < -0.3 is 5.73 Å². The molecule has 0 bridgehead atoms. The zero-order chi connectivity index (χ0) is 12.7. The molecule has 2 fully saturated rings. The minimum atomic E-state index is -3.49. The molecule has 100 valence electrons. The summed E-state index contributed by atoms with van der Waals surface area (Å²) in [7, 11) is -6.66. The molecule has 17 heavy (non-hydrogen) atoms. The molecule has 0 aromatic heterocycles. The molecular formula is C9H18N2O4S2. The maximum atomic E-state index is 12.2. The van der Waals surface area contributed by atoms with E-state index in [-0.39, 0.29) is 24.0 Å². The molecule has 2 heterocycles. The average molecular weight is 282 g/mol. The lowest BCUT2D eigenvalue weighted by Crippen LogP contribution is -2.49. The van der Waals surface area contributed by atoms with Crippen molar-refractivity contribution in [2.24, 2.45) is 5.73 Å². The van der Waals surface area contributed by atoms with Gasteiger partial charge in [0.05, 0.1) is 16.8 Å². The number of nitrogens with zero attached hydrogens (tertiary/aromatic N) is 1. The van der Waals surface area contributed by atoms with Gasteiger partial charge in [0, 0.05) is 19.1 Å². The van der Waals surface area contributed by atoms with Crippen LogP contribution in [0.2, 0.25) is 0 Å². The van der Waals surface area contributed by atoms with Crippen molar-refractivity contribution in [2.75, 3.05) is 24.6 Å². The summed E-state index contributed by atoms with van der Waals surface area (Å²) in [6, 6.07) is -0.128.